The topological polar surface area (TPSA) is 111 Å². The van der Waals surface area contributed by atoms with E-state index >= 15 is 0 Å². The number of anilines is 1. The molecule has 4 rings (SSSR count). The van der Waals surface area contributed by atoms with Crippen molar-refractivity contribution in [3.63, 3.8) is 0 Å². The Labute approximate surface area is 166 Å². The van der Waals surface area contributed by atoms with Gasteiger partial charge >= 0.3 is 5.97 Å². The summed E-state index contributed by atoms with van der Waals surface area (Å²) in [6, 6.07) is 13.8. The summed E-state index contributed by atoms with van der Waals surface area (Å²) < 4.78 is 16.2. The van der Waals surface area contributed by atoms with Crippen molar-refractivity contribution in [2.75, 3.05) is 19.1 Å². The second-order valence-electron chi connectivity index (χ2n) is 6.36. The van der Waals surface area contributed by atoms with Crippen LogP contribution in [0.3, 0.4) is 0 Å². The van der Waals surface area contributed by atoms with Crippen LogP contribution in [0.1, 0.15) is 22.1 Å². The summed E-state index contributed by atoms with van der Waals surface area (Å²) in [6.07, 6.45) is 0.917. The standard InChI is InChI=1S/C21H19N3O5/c1-27-14-6-4-13(5-7-14)24-18(22)16-9-10-29-20(16)23-19(24)15-8-3-12(21(25)26)11-17(15)28-2/h3-11,19H,22H2,1-2H3,(H,25,26). The minimum Gasteiger partial charge on any atom is -0.497 e. The van der Waals surface area contributed by atoms with Crippen molar-refractivity contribution >= 4 is 17.5 Å². The van der Waals surface area contributed by atoms with Crippen LogP contribution >= 0.6 is 0 Å². The molecule has 0 saturated carbocycles. The molecule has 3 N–H and O–H groups in total. The van der Waals surface area contributed by atoms with Crippen molar-refractivity contribution in [1.29, 1.82) is 0 Å². The van der Waals surface area contributed by atoms with E-state index in [-0.39, 0.29) is 5.56 Å². The fourth-order valence-corrected chi connectivity index (χ4v) is 3.32. The molecule has 0 bridgehead atoms. The van der Waals surface area contributed by atoms with Crippen molar-refractivity contribution < 1.29 is 23.8 Å². The third-order valence-corrected chi connectivity index (χ3v) is 4.77. The number of methoxy groups -OCH3 is 2. The number of benzene rings is 2. The van der Waals surface area contributed by atoms with Gasteiger partial charge in [-0.3, -0.25) is 0 Å². The van der Waals surface area contributed by atoms with Gasteiger partial charge in [-0.25, -0.2) is 9.79 Å². The number of hydrogen-bond donors (Lipinski definition) is 2. The summed E-state index contributed by atoms with van der Waals surface area (Å²) in [7, 11) is 3.08. The molecule has 0 radical (unpaired) electrons. The predicted molar refractivity (Wildman–Crippen MR) is 105 cm³/mol. The van der Waals surface area contributed by atoms with Gasteiger partial charge in [-0.05, 0) is 42.5 Å². The van der Waals surface area contributed by atoms with Gasteiger partial charge < -0.3 is 29.6 Å². The molecule has 29 heavy (non-hydrogen) atoms. The van der Waals surface area contributed by atoms with Gasteiger partial charge in [0, 0.05) is 11.3 Å². The fraction of sp³-hybridized carbons (Fsp3) is 0.143. The Morgan fingerprint density at radius 1 is 1.14 bits per heavy atom. The van der Waals surface area contributed by atoms with Crippen LogP contribution in [0.2, 0.25) is 0 Å². The zero-order valence-corrected chi connectivity index (χ0v) is 15.8. The van der Waals surface area contributed by atoms with Crippen LogP contribution in [-0.2, 0) is 0 Å². The largest absolute Gasteiger partial charge is 0.497 e. The number of aromatic carboxylic acids is 1. The number of fused-ring (bicyclic) bond motifs is 1. The van der Waals surface area contributed by atoms with Crippen molar-refractivity contribution in [2.45, 2.75) is 6.17 Å². The Morgan fingerprint density at radius 2 is 1.90 bits per heavy atom. The Balaban J connectivity index is 1.91. The minimum absolute atomic E-state index is 0.119. The van der Waals surface area contributed by atoms with Crippen LogP contribution in [0.15, 0.2) is 64.2 Å². The maximum absolute atomic E-state index is 11.3. The first-order valence-corrected chi connectivity index (χ1v) is 8.79. The zero-order chi connectivity index (χ0) is 20.5. The number of carbonyl (C=O) groups is 1. The number of ether oxygens (including phenoxy) is 2. The zero-order valence-electron chi connectivity index (χ0n) is 15.8. The molecule has 2 aromatic carbocycles. The molecule has 1 aliphatic heterocycles. The van der Waals surface area contributed by atoms with Crippen LogP contribution in [0.25, 0.3) is 5.82 Å². The van der Waals surface area contributed by atoms with Crippen LogP contribution in [-0.4, -0.2) is 25.3 Å². The van der Waals surface area contributed by atoms with E-state index in [1.54, 1.807) is 19.2 Å². The monoisotopic (exact) mass is 393 g/mol. The van der Waals surface area contributed by atoms with Crippen LogP contribution < -0.4 is 30.9 Å². The van der Waals surface area contributed by atoms with E-state index in [0.717, 1.165) is 5.69 Å². The average molecular weight is 393 g/mol. The summed E-state index contributed by atoms with van der Waals surface area (Å²) >= 11 is 0. The molecule has 0 amide bonds. The van der Waals surface area contributed by atoms with E-state index in [1.807, 2.05) is 29.2 Å². The minimum atomic E-state index is -1.04. The Kier molecular flexibility index (Phi) is 4.59. The number of carboxylic acids is 1. The Morgan fingerprint density at radius 3 is 2.55 bits per heavy atom. The van der Waals surface area contributed by atoms with Crippen LogP contribution in [0.5, 0.6) is 11.5 Å². The third-order valence-electron chi connectivity index (χ3n) is 4.77. The molecule has 1 aliphatic rings. The van der Waals surface area contributed by atoms with Gasteiger partial charge in [0.15, 0.2) is 6.17 Å². The number of carboxylic acid groups (broad SMARTS) is 1. The summed E-state index contributed by atoms with van der Waals surface area (Å²) in [5.74, 6) is 0.523. The van der Waals surface area contributed by atoms with E-state index in [4.69, 9.17) is 24.6 Å². The highest BCUT2D eigenvalue weighted by atomic mass is 16.5. The lowest BCUT2D eigenvalue weighted by Gasteiger charge is -2.33. The number of nitrogens with zero attached hydrogens (tertiary/aromatic N) is 2. The Bertz CT molecular complexity index is 1180. The van der Waals surface area contributed by atoms with E-state index in [0.29, 0.717) is 33.7 Å². The van der Waals surface area contributed by atoms with Gasteiger partial charge in [0.2, 0.25) is 5.55 Å². The molecular formula is C21H19N3O5. The molecule has 0 saturated heterocycles. The fourth-order valence-electron chi connectivity index (χ4n) is 3.32. The lowest BCUT2D eigenvalue weighted by Crippen LogP contribution is -2.44. The summed E-state index contributed by atoms with van der Waals surface area (Å²) in [4.78, 5) is 17.9. The molecule has 0 aliphatic carbocycles. The van der Waals surface area contributed by atoms with Crippen molar-refractivity contribution in [3.8, 4) is 11.5 Å². The average Bonchev–Trinajstić information content (AvgIpc) is 3.22. The molecule has 1 aromatic heterocycles. The lowest BCUT2D eigenvalue weighted by atomic mass is 10.1. The number of furan rings is 1. The van der Waals surface area contributed by atoms with E-state index in [2.05, 4.69) is 0 Å². The molecule has 3 aromatic rings. The van der Waals surface area contributed by atoms with Gasteiger partial charge in [0.1, 0.15) is 17.3 Å². The number of rotatable bonds is 5. The summed E-state index contributed by atoms with van der Waals surface area (Å²) in [5.41, 5.74) is 8.45. The highest BCUT2D eigenvalue weighted by Gasteiger charge is 2.29. The maximum atomic E-state index is 11.3. The highest BCUT2D eigenvalue weighted by molar-refractivity contribution is 5.88. The van der Waals surface area contributed by atoms with Crippen molar-refractivity contribution in [2.24, 2.45) is 10.7 Å². The number of nitrogens with two attached hydrogens (primary N) is 1. The van der Waals surface area contributed by atoms with Gasteiger partial charge in [-0.1, -0.05) is 6.07 Å². The summed E-state index contributed by atoms with van der Waals surface area (Å²) in [6.45, 7) is 0. The van der Waals surface area contributed by atoms with Gasteiger partial charge in [-0.15, -0.1) is 0 Å². The molecule has 0 spiro atoms. The summed E-state index contributed by atoms with van der Waals surface area (Å²) in [5, 5.41) is 9.97. The first-order valence-electron chi connectivity index (χ1n) is 8.79. The highest BCUT2D eigenvalue weighted by Crippen LogP contribution is 2.37. The van der Waals surface area contributed by atoms with Gasteiger partial charge in [0.05, 0.1) is 31.3 Å². The molecule has 8 heteroatoms. The number of hydrogen-bond acceptors (Lipinski definition) is 7. The normalized spacial score (nSPS) is 15.4. The second-order valence-corrected chi connectivity index (χ2v) is 6.36. The molecule has 2 heterocycles. The first-order chi connectivity index (χ1) is 14.0. The molecule has 8 nitrogen and oxygen atoms in total. The lowest BCUT2D eigenvalue weighted by molar-refractivity contribution is 0.0696. The molecule has 0 fully saturated rings. The smallest absolute Gasteiger partial charge is 0.335 e. The van der Waals surface area contributed by atoms with Crippen LogP contribution in [0, 0.1) is 0 Å². The van der Waals surface area contributed by atoms with Crippen LogP contribution in [0.4, 0.5) is 5.69 Å². The van der Waals surface area contributed by atoms with E-state index < -0.39 is 12.1 Å². The first kappa shape index (κ1) is 18.4. The maximum Gasteiger partial charge on any atom is 0.335 e. The molecule has 1 unspecified atom stereocenters. The molecular weight excluding hydrogens is 374 g/mol. The van der Waals surface area contributed by atoms with Gasteiger partial charge in [-0.2, -0.15) is 0 Å². The quantitative estimate of drug-likeness (QED) is 0.681. The van der Waals surface area contributed by atoms with Crippen molar-refractivity contribution in [3.05, 3.63) is 76.7 Å². The Hall–Kier alpha value is -3.94. The second kappa shape index (κ2) is 7.23. The van der Waals surface area contributed by atoms with Gasteiger partial charge in [0.25, 0.3) is 0 Å². The SMILES string of the molecule is COc1ccc(N2C(N)=c3ccoc3=NC2c2ccc(C(=O)O)cc2OC)cc1. The molecule has 1 atom stereocenters. The van der Waals surface area contributed by atoms with E-state index in [1.165, 1.54) is 25.5 Å². The van der Waals surface area contributed by atoms with Crippen molar-refractivity contribution in [1.82, 2.24) is 0 Å². The third kappa shape index (κ3) is 3.14. The van der Waals surface area contributed by atoms with E-state index in [9.17, 15) is 9.90 Å². The molecule has 148 valence electrons. The predicted octanol–water partition coefficient (Wildman–Crippen LogP) is 1.86.